The summed E-state index contributed by atoms with van der Waals surface area (Å²) in [7, 11) is 0. The van der Waals surface area contributed by atoms with Crippen LogP contribution in [0, 0.1) is 0 Å². The lowest BCUT2D eigenvalue weighted by molar-refractivity contribution is 0.0676. The Morgan fingerprint density at radius 1 is 1.37 bits per heavy atom. The predicted octanol–water partition coefficient (Wildman–Crippen LogP) is 3.21. The quantitative estimate of drug-likeness (QED) is 0.866. The number of hydrogen-bond donors (Lipinski definition) is 1. The number of hydrogen-bond acceptors (Lipinski definition) is 3. The fraction of sp³-hybridized carbons (Fsp3) is 0.267. The van der Waals surface area contributed by atoms with Crippen molar-refractivity contribution < 1.29 is 9.90 Å². The van der Waals surface area contributed by atoms with E-state index in [1.165, 1.54) is 10.4 Å². The molecule has 1 N–H and O–H groups in total. The van der Waals surface area contributed by atoms with Gasteiger partial charge in [-0.15, -0.1) is 11.3 Å². The highest BCUT2D eigenvalue weighted by molar-refractivity contribution is 7.10. The van der Waals surface area contributed by atoms with Gasteiger partial charge in [0.25, 0.3) is 5.91 Å². The molecule has 1 aromatic heterocycles. The van der Waals surface area contributed by atoms with Crippen molar-refractivity contribution in [3.63, 3.8) is 0 Å². The number of aromatic hydroxyl groups is 1. The van der Waals surface area contributed by atoms with Gasteiger partial charge in [0.05, 0.1) is 11.6 Å². The molecule has 0 radical (unpaired) electrons. The van der Waals surface area contributed by atoms with Gasteiger partial charge in [-0.25, -0.2) is 0 Å². The van der Waals surface area contributed by atoms with Crippen molar-refractivity contribution in [2.45, 2.75) is 19.4 Å². The topological polar surface area (TPSA) is 40.5 Å². The average Bonchev–Trinajstić information content (AvgIpc) is 2.88. The van der Waals surface area contributed by atoms with E-state index < -0.39 is 0 Å². The minimum Gasteiger partial charge on any atom is -0.507 e. The van der Waals surface area contributed by atoms with E-state index in [4.69, 9.17) is 0 Å². The molecule has 3 rings (SSSR count). The fourth-order valence-electron chi connectivity index (χ4n) is 2.60. The summed E-state index contributed by atoms with van der Waals surface area (Å²) in [6, 6.07) is 8.89. The first-order chi connectivity index (χ1) is 9.18. The van der Waals surface area contributed by atoms with Crippen LogP contribution >= 0.6 is 11.3 Å². The van der Waals surface area contributed by atoms with E-state index in [9.17, 15) is 9.90 Å². The van der Waals surface area contributed by atoms with Crippen molar-refractivity contribution in [1.29, 1.82) is 0 Å². The Balaban J connectivity index is 1.92. The summed E-state index contributed by atoms with van der Waals surface area (Å²) in [5, 5.41) is 11.9. The third-order valence-electron chi connectivity index (χ3n) is 3.67. The molecule has 0 fully saturated rings. The van der Waals surface area contributed by atoms with Gasteiger partial charge in [-0.3, -0.25) is 4.79 Å². The smallest absolute Gasteiger partial charge is 0.258 e. The Bertz CT molecular complexity index is 620. The third kappa shape index (κ3) is 2.02. The maximum atomic E-state index is 12.5. The molecule has 1 aliphatic rings. The van der Waals surface area contributed by atoms with E-state index in [-0.39, 0.29) is 17.7 Å². The van der Waals surface area contributed by atoms with Gasteiger partial charge in [0.15, 0.2) is 0 Å². The molecule has 1 amide bonds. The molecule has 0 saturated carbocycles. The first-order valence-corrected chi connectivity index (χ1v) is 7.21. The summed E-state index contributed by atoms with van der Waals surface area (Å²) in [4.78, 5) is 15.7. The van der Waals surface area contributed by atoms with Crippen molar-refractivity contribution in [1.82, 2.24) is 4.90 Å². The fourth-order valence-corrected chi connectivity index (χ4v) is 3.56. The molecule has 0 bridgehead atoms. The minimum absolute atomic E-state index is 0.0517. The number of rotatable bonds is 1. The maximum absolute atomic E-state index is 12.5. The van der Waals surface area contributed by atoms with Crippen molar-refractivity contribution in [3.8, 4) is 5.75 Å². The second-order valence-corrected chi connectivity index (χ2v) is 5.74. The number of nitrogens with zero attached hydrogens (tertiary/aromatic N) is 1. The summed E-state index contributed by atoms with van der Waals surface area (Å²) in [5.74, 6) is -0.0433. The van der Waals surface area contributed by atoms with Gasteiger partial charge in [0.2, 0.25) is 0 Å². The van der Waals surface area contributed by atoms with Crippen molar-refractivity contribution in [2.75, 3.05) is 6.54 Å². The van der Waals surface area contributed by atoms with Gasteiger partial charge < -0.3 is 10.0 Å². The van der Waals surface area contributed by atoms with Crippen LogP contribution in [0.4, 0.5) is 0 Å². The molecule has 1 aliphatic heterocycles. The number of phenolic OH excluding ortho intramolecular Hbond substituents is 1. The summed E-state index contributed by atoms with van der Waals surface area (Å²) < 4.78 is 0. The van der Waals surface area contributed by atoms with Crippen LogP contribution in [0.15, 0.2) is 35.7 Å². The van der Waals surface area contributed by atoms with Crippen LogP contribution in [0.3, 0.4) is 0 Å². The Morgan fingerprint density at radius 2 is 2.16 bits per heavy atom. The van der Waals surface area contributed by atoms with Crippen LogP contribution in [0.1, 0.15) is 33.8 Å². The second kappa shape index (κ2) is 4.70. The lowest BCUT2D eigenvalue weighted by atomic mass is 10.00. The molecule has 0 spiro atoms. The zero-order valence-electron chi connectivity index (χ0n) is 10.7. The molecule has 3 nitrogen and oxygen atoms in total. The molecule has 98 valence electrons. The molecule has 1 unspecified atom stereocenters. The molecular formula is C15H15NO2S. The lowest BCUT2D eigenvalue weighted by Crippen LogP contribution is -2.38. The monoisotopic (exact) mass is 273 g/mol. The Hall–Kier alpha value is -1.81. The van der Waals surface area contributed by atoms with Gasteiger partial charge in [-0.1, -0.05) is 12.1 Å². The normalized spacial score (nSPS) is 18.2. The zero-order chi connectivity index (χ0) is 13.4. The number of carbonyl (C=O) groups excluding carboxylic acids is 1. The number of amides is 1. The molecule has 0 saturated heterocycles. The Kier molecular flexibility index (Phi) is 3.03. The molecule has 4 heteroatoms. The molecule has 19 heavy (non-hydrogen) atoms. The Morgan fingerprint density at radius 3 is 2.95 bits per heavy atom. The van der Waals surface area contributed by atoms with Gasteiger partial charge >= 0.3 is 0 Å². The Labute approximate surface area is 116 Å². The number of fused-ring (bicyclic) bond motifs is 1. The number of benzene rings is 1. The van der Waals surface area contributed by atoms with Crippen molar-refractivity contribution >= 4 is 17.2 Å². The van der Waals surface area contributed by atoms with E-state index >= 15 is 0 Å². The van der Waals surface area contributed by atoms with Gasteiger partial charge in [-0.2, -0.15) is 0 Å². The number of thiophene rings is 1. The highest BCUT2D eigenvalue weighted by Crippen LogP contribution is 2.34. The maximum Gasteiger partial charge on any atom is 0.258 e. The predicted molar refractivity (Wildman–Crippen MR) is 75.6 cm³/mol. The minimum atomic E-state index is -0.0950. The van der Waals surface area contributed by atoms with E-state index in [1.807, 2.05) is 11.8 Å². The summed E-state index contributed by atoms with van der Waals surface area (Å²) in [6.45, 7) is 2.75. The van der Waals surface area contributed by atoms with Gasteiger partial charge in [0.1, 0.15) is 5.75 Å². The number of phenols is 1. The summed E-state index contributed by atoms with van der Waals surface area (Å²) in [6.07, 6.45) is 0.899. The van der Waals surface area contributed by atoms with Crippen LogP contribution in [-0.4, -0.2) is 22.5 Å². The van der Waals surface area contributed by atoms with Gasteiger partial charge in [-0.05, 0) is 42.5 Å². The molecule has 0 aliphatic carbocycles. The first-order valence-electron chi connectivity index (χ1n) is 6.33. The van der Waals surface area contributed by atoms with Crippen LogP contribution < -0.4 is 0 Å². The van der Waals surface area contributed by atoms with E-state index in [0.717, 1.165) is 6.42 Å². The van der Waals surface area contributed by atoms with Crippen LogP contribution in [0.25, 0.3) is 0 Å². The zero-order valence-corrected chi connectivity index (χ0v) is 11.5. The molecule has 1 atom stereocenters. The highest BCUT2D eigenvalue weighted by Gasteiger charge is 2.29. The van der Waals surface area contributed by atoms with E-state index in [2.05, 4.69) is 11.4 Å². The summed E-state index contributed by atoms with van der Waals surface area (Å²) in [5.41, 5.74) is 1.62. The average molecular weight is 273 g/mol. The lowest BCUT2D eigenvalue weighted by Gasteiger charge is -2.33. The first kappa shape index (κ1) is 12.2. The largest absolute Gasteiger partial charge is 0.507 e. The second-order valence-electron chi connectivity index (χ2n) is 4.74. The third-order valence-corrected chi connectivity index (χ3v) is 4.67. The van der Waals surface area contributed by atoms with Crippen molar-refractivity contribution in [2.24, 2.45) is 0 Å². The standard InChI is InChI=1S/C15H15NO2S/c1-10-11-7-9-19-14(11)6-8-16(10)15(18)12-4-2-3-5-13(12)17/h2-5,7,9-10,17H,6,8H2,1H3. The SMILES string of the molecule is CC1c2ccsc2CCN1C(=O)c1ccccc1O. The molecule has 1 aromatic carbocycles. The highest BCUT2D eigenvalue weighted by atomic mass is 32.1. The van der Waals surface area contributed by atoms with Gasteiger partial charge in [0, 0.05) is 11.4 Å². The van der Waals surface area contributed by atoms with Crippen molar-refractivity contribution in [3.05, 3.63) is 51.7 Å². The van der Waals surface area contributed by atoms with E-state index in [0.29, 0.717) is 12.1 Å². The number of carbonyl (C=O) groups is 1. The number of para-hydroxylation sites is 1. The van der Waals surface area contributed by atoms with Crippen LogP contribution in [0.2, 0.25) is 0 Å². The van der Waals surface area contributed by atoms with Crippen LogP contribution in [-0.2, 0) is 6.42 Å². The van der Waals surface area contributed by atoms with E-state index in [1.54, 1.807) is 35.6 Å². The van der Waals surface area contributed by atoms with Crippen LogP contribution in [0.5, 0.6) is 5.75 Å². The molecule has 2 aromatic rings. The molecule has 2 heterocycles. The summed E-state index contributed by atoms with van der Waals surface area (Å²) >= 11 is 1.75. The molecular weight excluding hydrogens is 258 g/mol.